The van der Waals surface area contributed by atoms with Crippen molar-refractivity contribution < 1.29 is 32.0 Å². The van der Waals surface area contributed by atoms with E-state index in [4.69, 9.17) is 9.47 Å². The average molecular weight is 859 g/mol. The van der Waals surface area contributed by atoms with Gasteiger partial charge in [0.2, 0.25) is 0 Å². The van der Waals surface area contributed by atoms with E-state index in [1.807, 2.05) is 0 Å². The predicted molar refractivity (Wildman–Crippen MR) is 253 cm³/mol. The van der Waals surface area contributed by atoms with E-state index in [9.17, 15) is 22.6 Å². The Balaban J connectivity index is 2.14. The first-order chi connectivity index (χ1) is 29.3. The molecule has 0 saturated carbocycles. The van der Waals surface area contributed by atoms with Crippen molar-refractivity contribution in [3.8, 4) is 0 Å². The molecule has 1 rings (SSSR count). The molecule has 0 aliphatic rings. The summed E-state index contributed by atoms with van der Waals surface area (Å²) in [4.78, 5) is 25.5. The van der Waals surface area contributed by atoms with Gasteiger partial charge in [-0.3, -0.25) is 4.55 Å². The van der Waals surface area contributed by atoms with Gasteiger partial charge in [0.05, 0.1) is 24.3 Å². The minimum atomic E-state index is -4.77. The number of hydrogen-bond donors (Lipinski definition) is 1. The second kappa shape index (κ2) is 40.6. The fourth-order valence-electron chi connectivity index (χ4n) is 7.74. The van der Waals surface area contributed by atoms with Crippen molar-refractivity contribution in [2.75, 3.05) is 13.2 Å². The Morgan fingerprint density at radius 1 is 0.450 bits per heavy atom. The lowest BCUT2D eigenvalue weighted by molar-refractivity contribution is 0.0446. The number of carbonyl (C=O) groups is 2. The molecule has 0 spiro atoms. The third-order valence-electron chi connectivity index (χ3n) is 11.5. The van der Waals surface area contributed by atoms with Gasteiger partial charge in [0.1, 0.15) is 4.90 Å². The summed E-state index contributed by atoms with van der Waals surface area (Å²) in [5, 5.41) is 0. The van der Waals surface area contributed by atoms with E-state index >= 15 is 0 Å². The van der Waals surface area contributed by atoms with Crippen molar-refractivity contribution in [1.29, 1.82) is 0 Å². The molecule has 1 aromatic rings. The highest BCUT2D eigenvalue weighted by atomic mass is 32.2. The van der Waals surface area contributed by atoms with Crippen LogP contribution in [0.4, 0.5) is 0 Å². The molecule has 0 heterocycles. The number of allylic oxidation sites excluding steroid dienone is 4. The zero-order valence-electron chi connectivity index (χ0n) is 38.7. The molecule has 8 heteroatoms. The van der Waals surface area contributed by atoms with Crippen LogP contribution in [-0.4, -0.2) is 38.1 Å². The van der Waals surface area contributed by atoms with Crippen molar-refractivity contribution in [3.05, 3.63) is 53.6 Å². The largest absolute Gasteiger partial charge is 0.462 e. The highest BCUT2D eigenvalue weighted by Crippen LogP contribution is 2.23. The molecular formula is C52H90O7S. The number of ether oxygens (including phenoxy) is 2. The molecule has 0 aromatic heterocycles. The zero-order chi connectivity index (χ0) is 43.6. The van der Waals surface area contributed by atoms with Gasteiger partial charge < -0.3 is 9.47 Å². The van der Waals surface area contributed by atoms with Crippen LogP contribution < -0.4 is 0 Å². The maximum absolute atomic E-state index is 13.1. The lowest BCUT2D eigenvalue weighted by Crippen LogP contribution is -2.19. The maximum atomic E-state index is 13.1. The number of unbranched alkanes of at least 4 members (excludes halogenated alkanes) is 32. The fourth-order valence-corrected chi connectivity index (χ4v) is 8.44. The van der Waals surface area contributed by atoms with E-state index in [0.29, 0.717) is 12.8 Å². The first-order valence-electron chi connectivity index (χ1n) is 25.1. The second-order valence-corrected chi connectivity index (χ2v) is 18.5. The van der Waals surface area contributed by atoms with Crippen molar-refractivity contribution in [1.82, 2.24) is 0 Å². The molecule has 0 fully saturated rings. The molecule has 7 nitrogen and oxygen atoms in total. The van der Waals surface area contributed by atoms with E-state index in [0.717, 1.165) is 44.6 Å². The zero-order valence-corrected chi connectivity index (χ0v) is 39.5. The van der Waals surface area contributed by atoms with Gasteiger partial charge in [-0.15, -0.1) is 0 Å². The SMILES string of the molecule is CCC/C=C/CCCCCCCCCCCCCCCCCOC(=O)c1cccc(S(=O)(=O)O)c1C(=O)OCCCCCCCCCCCCCCCCC/C=C/CCC. The van der Waals surface area contributed by atoms with E-state index in [-0.39, 0.29) is 18.8 Å². The number of benzene rings is 1. The molecule has 0 aliphatic carbocycles. The first kappa shape index (κ1) is 55.6. The summed E-state index contributed by atoms with van der Waals surface area (Å²) in [6.07, 6.45) is 53.5. The van der Waals surface area contributed by atoms with Crippen molar-refractivity contribution in [2.45, 2.75) is 250 Å². The fraction of sp³-hybridized carbons (Fsp3) is 0.769. The molecule has 0 amide bonds. The molecule has 1 aromatic carbocycles. The number of hydrogen-bond acceptors (Lipinski definition) is 6. The number of rotatable bonds is 43. The third-order valence-corrected chi connectivity index (χ3v) is 12.4. The van der Waals surface area contributed by atoms with Crippen molar-refractivity contribution >= 4 is 22.1 Å². The minimum Gasteiger partial charge on any atom is -0.462 e. The van der Waals surface area contributed by atoms with Gasteiger partial charge in [-0.25, -0.2) is 9.59 Å². The summed E-state index contributed by atoms with van der Waals surface area (Å²) < 4.78 is 45.0. The topological polar surface area (TPSA) is 107 Å². The van der Waals surface area contributed by atoms with E-state index in [1.54, 1.807) is 0 Å². The van der Waals surface area contributed by atoms with E-state index in [2.05, 4.69) is 38.2 Å². The molecule has 346 valence electrons. The Labute approximate surface area is 369 Å². The molecule has 0 aliphatic heterocycles. The minimum absolute atomic E-state index is 0.112. The Bertz CT molecular complexity index is 1340. The van der Waals surface area contributed by atoms with E-state index < -0.39 is 32.5 Å². The van der Waals surface area contributed by atoms with Gasteiger partial charge in [-0.2, -0.15) is 8.42 Å². The summed E-state index contributed by atoms with van der Waals surface area (Å²) in [5.74, 6) is -1.73. The summed E-state index contributed by atoms with van der Waals surface area (Å²) in [7, 11) is -4.77. The molecule has 0 bridgehead atoms. The quantitative estimate of drug-likeness (QED) is 0.0302. The van der Waals surface area contributed by atoms with Crippen molar-refractivity contribution in [3.63, 3.8) is 0 Å². The Morgan fingerprint density at radius 3 is 1.08 bits per heavy atom. The van der Waals surface area contributed by atoms with Gasteiger partial charge in [0.25, 0.3) is 10.1 Å². The standard InChI is InChI=1S/C52H90O7S/c1-3-5-7-9-11-13-15-17-19-21-23-25-27-29-31-33-35-37-39-41-46-58-51(53)48-44-43-45-49(60(55,56)57)50(48)52(54)59-47-42-40-38-36-34-32-30-28-26-24-22-20-18-16-14-12-10-8-6-4-2/h7-10,43-45H,3-6,11-42,46-47H2,1-2H3,(H,55,56,57)/b9-7+,10-8+. The average Bonchev–Trinajstić information content (AvgIpc) is 3.24. The summed E-state index contributed by atoms with van der Waals surface area (Å²) >= 11 is 0. The van der Waals surface area contributed by atoms with Crippen LogP contribution in [0.1, 0.15) is 266 Å². The second-order valence-electron chi connectivity index (χ2n) is 17.1. The van der Waals surface area contributed by atoms with Crippen LogP contribution in [-0.2, 0) is 19.6 Å². The van der Waals surface area contributed by atoms with Gasteiger partial charge >= 0.3 is 11.9 Å². The van der Waals surface area contributed by atoms with Crippen molar-refractivity contribution in [2.24, 2.45) is 0 Å². The molecule has 60 heavy (non-hydrogen) atoms. The van der Waals surface area contributed by atoms with E-state index in [1.165, 1.54) is 192 Å². The molecule has 0 atom stereocenters. The first-order valence-corrected chi connectivity index (χ1v) is 26.5. The summed E-state index contributed by atoms with van der Waals surface area (Å²) in [6.45, 7) is 4.74. The smallest absolute Gasteiger partial charge is 0.340 e. The highest BCUT2D eigenvalue weighted by Gasteiger charge is 2.28. The van der Waals surface area contributed by atoms with Gasteiger partial charge in [0.15, 0.2) is 0 Å². The maximum Gasteiger partial charge on any atom is 0.340 e. The molecule has 0 saturated heterocycles. The van der Waals surface area contributed by atoms with Crippen LogP contribution in [0.2, 0.25) is 0 Å². The number of esters is 2. The highest BCUT2D eigenvalue weighted by molar-refractivity contribution is 7.86. The normalized spacial score (nSPS) is 11.9. The lowest BCUT2D eigenvalue weighted by Gasteiger charge is -2.13. The van der Waals surface area contributed by atoms with Gasteiger partial charge in [0, 0.05) is 0 Å². The Hall–Kier alpha value is -2.45. The summed E-state index contributed by atoms with van der Waals surface area (Å²) in [6, 6.07) is 3.78. The number of carbonyl (C=O) groups excluding carboxylic acids is 2. The lowest BCUT2D eigenvalue weighted by atomic mass is 10.0. The Morgan fingerprint density at radius 2 is 0.750 bits per heavy atom. The Kier molecular flexibility index (Phi) is 37.6. The molecular weight excluding hydrogens is 769 g/mol. The van der Waals surface area contributed by atoms with Gasteiger partial charge in [-0.1, -0.05) is 224 Å². The van der Waals surface area contributed by atoms with Crippen LogP contribution in [0.5, 0.6) is 0 Å². The molecule has 0 unspecified atom stereocenters. The monoisotopic (exact) mass is 859 g/mol. The molecule has 0 radical (unpaired) electrons. The van der Waals surface area contributed by atoms with Crippen LogP contribution in [0.25, 0.3) is 0 Å². The van der Waals surface area contributed by atoms with Crippen LogP contribution in [0, 0.1) is 0 Å². The predicted octanol–water partition coefficient (Wildman–Crippen LogP) is 16.4. The van der Waals surface area contributed by atoms with Crippen LogP contribution >= 0.6 is 0 Å². The van der Waals surface area contributed by atoms with Gasteiger partial charge in [-0.05, 0) is 63.5 Å². The molecule has 1 N–H and O–H groups in total. The van der Waals surface area contributed by atoms with Crippen LogP contribution in [0.3, 0.4) is 0 Å². The third kappa shape index (κ3) is 32.3. The van der Waals surface area contributed by atoms with Crippen LogP contribution in [0.15, 0.2) is 47.4 Å². The summed E-state index contributed by atoms with van der Waals surface area (Å²) in [5.41, 5.74) is -0.667.